The van der Waals surface area contributed by atoms with Crippen molar-refractivity contribution in [3.63, 3.8) is 0 Å². The lowest BCUT2D eigenvalue weighted by atomic mass is 10.2. The second kappa shape index (κ2) is 8.20. The molecule has 0 fully saturated rings. The average Bonchev–Trinajstić information content (AvgIpc) is 3.09. The molecule has 1 unspecified atom stereocenters. The van der Waals surface area contributed by atoms with Crippen LogP contribution in [0.25, 0.3) is 0 Å². The molecule has 128 valence electrons. The Kier molecular flexibility index (Phi) is 5.52. The van der Waals surface area contributed by atoms with Crippen molar-refractivity contribution in [2.45, 2.75) is 19.6 Å². The van der Waals surface area contributed by atoms with Crippen molar-refractivity contribution in [2.75, 3.05) is 6.54 Å². The molecule has 3 aromatic rings. The molecule has 4 heteroatoms. The number of aromatic nitrogens is 1. The lowest BCUT2D eigenvalue weighted by Gasteiger charge is -2.16. The fraction of sp³-hybridized carbons (Fsp3) is 0.190. The van der Waals surface area contributed by atoms with E-state index in [4.69, 9.17) is 4.74 Å². The van der Waals surface area contributed by atoms with Crippen LogP contribution in [0.2, 0.25) is 0 Å². The molecule has 4 nitrogen and oxygen atoms in total. The zero-order valence-electron chi connectivity index (χ0n) is 14.3. The summed E-state index contributed by atoms with van der Waals surface area (Å²) in [7, 11) is 0. The van der Waals surface area contributed by atoms with Crippen LogP contribution in [0.15, 0.2) is 79.0 Å². The monoisotopic (exact) mass is 334 g/mol. The fourth-order valence-corrected chi connectivity index (χ4v) is 2.64. The Morgan fingerprint density at radius 2 is 1.68 bits per heavy atom. The number of hydrogen-bond donors (Lipinski definition) is 1. The Labute approximate surface area is 148 Å². The number of ether oxygens (including phenoxy) is 1. The smallest absolute Gasteiger partial charge is 0.268 e. The van der Waals surface area contributed by atoms with Crippen molar-refractivity contribution in [2.24, 2.45) is 0 Å². The summed E-state index contributed by atoms with van der Waals surface area (Å²) in [5.74, 6) is 0.709. The molecule has 0 aliphatic carbocycles. The number of nitrogens with zero attached hydrogens (tertiary/aromatic N) is 1. The first-order valence-corrected chi connectivity index (χ1v) is 8.41. The van der Waals surface area contributed by atoms with E-state index in [1.165, 1.54) is 0 Å². The molecule has 0 saturated carbocycles. The van der Waals surface area contributed by atoms with Crippen LogP contribution in [0.3, 0.4) is 0 Å². The molecule has 1 amide bonds. The summed E-state index contributed by atoms with van der Waals surface area (Å²) < 4.78 is 7.74. The van der Waals surface area contributed by atoms with Gasteiger partial charge in [-0.3, -0.25) is 4.79 Å². The summed E-state index contributed by atoms with van der Waals surface area (Å²) in [5.41, 5.74) is 1.81. The van der Waals surface area contributed by atoms with Crippen LogP contribution in [0, 0.1) is 0 Å². The van der Waals surface area contributed by atoms with Gasteiger partial charge in [-0.1, -0.05) is 48.5 Å². The summed E-state index contributed by atoms with van der Waals surface area (Å²) in [6.07, 6.45) is 1.81. The predicted octanol–water partition coefficient (Wildman–Crippen LogP) is 3.73. The number of rotatable bonds is 7. The number of carbonyl (C=O) groups is 1. The molecule has 3 rings (SSSR count). The Morgan fingerprint density at radius 3 is 2.40 bits per heavy atom. The SMILES string of the molecule is CC(CNC(=O)c1cccn1Cc1ccccc1)Oc1ccccc1. The van der Waals surface area contributed by atoms with E-state index in [1.54, 1.807) is 0 Å². The molecule has 25 heavy (non-hydrogen) atoms. The molecule has 1 heterocycles. The molecule has 2 aromatic carbocycles. The van der Waals surface area contributed by atoms with Gasteiger partial charge in [-0.2, -0.15) is 0 Å². The Bertz CT molecular complexity index is 797. The van der Waals surface area contributed by atoms with Gasteiger partial charge >= 0.3 is 0 Å². The van der Waals surface area contributed by atoms with Crippen molar-refractivity contribution >= 4 is 5.91 Å². The van der Waals surface area contributed by atoms with Gasteiger partial charge in [-0.25, -0.2) is 0 Å². The summed E-state index contributed by atoms with van der Waals surface area (Å²) in [4.78, 5) is 12.5. The average molecular weight is 334 g/mol. The van der Waals surface area contributed by atoms with Crippen molar-refractivity contribution in [3.05, 3.63) is 90.3 Å². The van der Waals surface area contributed by atoms with Gasteiger partial charge in [0.05, 0.1) is 6.54 Å². The highest BCUT2D eigenvalue weighted by Gasteiger charge is 2.12. The lowest BCUT2D eigenvalue weighted by molar-refractivity contribution is 0.0923. The molecule has 0 spiro atoms. The summed E-state index contributed by atoms with van der Waals surface area (Å²) in [5, 5.41) is 2.95. The second-order valence-electron chi connectivity index (χ2n) is 5.96. The third-order valence-corrected chi connectivity index (χ3v) is 3.89. The van der Waals surface area contributed by atoms with E-state index >= 15 is 0 Å². The number of para-hydroxylation sites is 1. The van der Waals surface area contributed by atoms with Crippen LogP contribution in [0.4, 0.5) is 0 Å². The summed E-state index contributed by atoms with van der Waals surface area (Å²) >= 11 is 0. The van der Waals surface area contributed by atoms with Gasteiger partial charge in [-0.15, -0.1) is 0 Å². The molecule has 1 N–H and O–H groups in total. The number of benzene rings is 2. The minimum Gasteiger partial charge on any atom is -0.489 e. The summed E-state index contributed by atoms with van der Waals surface area (Å²) in [6.45, 7) is 3.06. The van der Waals surface area contributed by atoms with Crippen LogP contribution < -0.4 is 10.1 Å². The van der Waals surface area contributed by atoms with E-state index < -0.39 is 0 Å². The van der Waals surface area contributed by atoms with Gasteiger partial charge in [0.2, 0.25) is 0 Å². The van der Waals surface area contributed by atoms with E-state index in [0.717, 1.165) is 11.3 Å². The standard InChI is InChI=1S/C21H22N2O2/c1-17(25-19-11-6-3-7-12-19)15-22-21(24)20-13-8-14-23(20)16-18-9-4-2-5-10-18/h2-14,17H,15-16H2,1H3,(H,22,24). The van der Waals surface area contributed by atoms with Crippen LogP contribution >= 0.6 is 0 Å². The molecular weight excluding hydrogens is 312 g/mol. The molecule has 0 saturated heterocycles. The third kappa shape index (κ3) is 4.73. The molecule has 0 radical (unpaired) electrons. The van der Waals surface area contributed by atoms with Gasteiger partial charge in [0.15, 0.2) is 0 Å². The van der Waals surface area contributed by atoms with Crippen molar-refractivity contribution in [3.8, 4) is 5.75 Å². The van der Waals surface area contributed by atoms with E-state index in [9.17, 15) is 4.79 Å². The normalized spacial score (nSPS) is 11.7. The second-order valence-corrected chi connectivity index (χ2v) is 5.96. The van der Waals surface area contributed by atoms with Crippen molar-refractivity contribution < 1.29 is 9.53 Å². The minimum atomic E-state index is -0.108. The van der Waals surface area contributed by atoms with Gasteiger partial charge in [-0.05, 0) is 36.8 Å². The molecule has 1 aromatic heterocycles. The maximum absolute atomic E-state index is 12.5. The Morgan fingerprint density at radius 1 is 1.00 bits per heavy atom. The number of amides is 1. The number of nitrogens with one attached hydrogen (secondary N) is 1. The molecule has 0 aliphatic rings. The van der Waals surface area contributed by atoms with E-state index in [1.807, 2.05) is 78.4 Å². The van der Waals surface area contributed by atoms with E-state index in [-0.39, 0.29) is 12.0 Å². The predicted molar refractivity (Wildman–Crippen MR) is 98.8 cm³/mol. The van der Waals surface area contributed by atoms with Crippen LogP contribution in [0.5, 0.6) is 5.75 Å². The maximum atomic E-state index is 12.5. The van der Waals surface area contributed by atoms with Gasteiger partial charge < -0.3 is 14.6 Å². The zero-order chi connectivity index (χ0) is 17.5. The maximum Gasteiger partial charge on any atom is 0.268 e. The number of carbonyl (C=O) groups excluding carboxylic acids is 1. The van der Waals surface area contributed by atoms with Gasteiger partial charge in [0.1, 0.15) is 17.5 Å². The molecule has 0 aliphatic heterocycles. The quantitative estimate of drug-likeness (QED) is 0.715. The van der Waals surface area contributed by atoms with E-state index in [2.05, 4.69) is 17.4 Å². The van der Waals surface area contributed by atoms with Crippen molar-refractivity contribution in [1.82, 2.24) is 9.88 Å². The first kappa shape index (κ1) is 16.8. The summed E-state index contributed by atoms with van der Waals surface area (Å²) in [6, 6.07) is 23.4. The van der Waals surface area contributed by atoms with Crippen LogP contribution in [0.1, 0.15) is 23.0 Å². The topological polar surface area (TPSA) is 43.3 Å². The largest absolute Gasteiger partial charge is 0.489 e. The first-order valence-electron chi connectivity index (χ1n) is 8.41. The minimum absolute atomic E-state index is 0.0931. The highest BCUT2D eigenvalue weighted by atomic mass is 16.5. The highest BCUT2D eigenvalue weighted by molar-refractivity contribution is 5.92. The Hall–Kier alpha value is -3.01. The zero-order valence-corrected chi connectivity index (χ0v) is 14.3. The highest BCUT2D eigenvalue weighted by Crippen LogP contribution is 2.11. The Balaban J connectivity index is 1.56. The first-order chi connectivity index (χ1) is 12.2. The molecule has 1 atom stereocenters. The van der Waals surface area contributed by atoms with Crippen LogP contribution in [-0.4, -0.2) is 23.1 Å². The fourth-order valence-electron chi connectivity index (χ4n) is 2.64. The van der Waals surface area contributed by atoms with Crippen molar-refractivity contribution in [1.29, 1.82) is 0 Å². The van der Waals surface area contributed by atoms with Gasteiger partial charge in [0.25, 0.3) is 5.91 Å². The third-order valence-electron chi connectivity index (χ3n) is 3.89. The van der Waals surface area contributed by atoms with Gasteiger partial charge in [0, 0.05) is 12.7 Å². The number of hydrogen-bond acceptors (Lipinski definition) is 2. The lowest BCUT2D eigenvalue weighted by Crippen LogP contribution is -2.34. The van der Waals surface area contributed by atoms with Crippen LogP contribution in [-0.2, 0) is 6.54 Å². The molecular formula is C21H22N2O2. The van der Waals surface area contributed by atoms with E-state index in [0.29, 0.717) is 18.8 Å². The molecule has 0 bridgehead atoms.